The minimum absolute atomic E-state index is 0.281. The molecule has 1 heterocycles. The van der Waals surface area contributed by atoms with Crippen LogP contribution in [0.25, 0.3) is 0 Å². The molecule has 0 bridgehead atoms. The van der Waals surface area contributed by atoms with Crippen LogP contribution < -0.4 is 19.5 Å². The van der Waals surface area contributed by atoms with Crippen LogP contribution in [-0.4, -0.2) is 6.79 Å². The van der Waals surface area contributed by atoms with Gasteiger partial charge in [0.1, 0.15) is 12.4 Å². The topological polar surface area (TPSA) is 39.7 Å². The van der Waals surface area contributed by atoms with E-state index in [1.54, 1.807) is 0 Å². The Balaban J connectivity index is 1.36. The fraction of sp³-hybridized carbons (Fsp3) is 0.143. The van der Waals surface area contributed by atoms with Gasteiger partial charge in [-0.15, -0.1) is 0 Å². The van der Waals surface area contributed by atoms with Gasteiger partial charge in [0, 0.05) is 23.3 Å². The van der Waals surface area contributed by atoms with Gasteiger partial charge in [-0.1, -0.05) is 29.8 Å². The van der Waals surface area contributed by atoms with E-state index in [1.807, 2.05) is 54.6 Å². The fourth-order valence-electron chi connectivity index (χ4n) is 2.72. The number of anilines is 1. The standard InChI is InChI=1S/C21H17BrClNO3/c22-18-9-15(11-24-17-6-8-20-21(10-17)27-13-26-20)3-7-19(18)25-12-14-1-4-16(23)5-2-14/h1-10,24H,11-13H2. The maximum atomic E-state index is 5.91. The molecule has 0 aromatic heterocycles. The highest BCUT2D eigenvalue weighted by molar-refractivity contribution is 9.10. The molecular weight excluding hydrogens is 430 g/mol. The fourth-order valence-corrected chi connectivity index (χ4v) is 3.39. The van der Waals surface area contributed by atoms with Crippen molar-refractivity contribution in [1.82, 2.24) is 0 Å². The van der Waals surface area contributed by atoms with E-state index in [-0.39, 0.29) is 6.79 Å². The summed E-state index contributed by atoms with van der Waals surface area (Å²) >= 11 is 9.49. The van der Waals surface area contributed by atoms with Gasteiger partial charge >= 0.3 is 0 Å². The second-order valence-electron chi connectivity index (χ2n) is 6.10. The minimum atomic E-state index is 0.281. The van der Waals surface area contributed by atoms with Crippen LogP contribution >= 0.6 is 27.5 Å². The minimum Gasteiger partial charge on any atom is -0.488 e. The van der Waals surface area contributed by atoms with E-state index in [2.05, 4.69) is 27.3 Å². The number of hydrogen-bond acceptors (Lipinski definition) is 4. The van der Waals surface area contributed by atoms with Gasteiger partial charge in [-0.2, -0.15) is 0 Å². The summed E-state index contributed by atoms with van der Waals surface area (Å²) in [4.78, 5) is 0. The molecule has 1 aliphatic heterocycles. The van der Waals surface area contributed by atoms with Gasteiger partial charge in [-0.25, -0.2) is 0 Å². The second-order valence-corrected chi connectivity index (χ2v) is 7.39. The third kappa shape index (κ3) is 4.49. The van der Waals surface area contributed by atoms with Gasteiger partial charge in [-0.05, 0) is 63.5 Å². The third-order valence-corrected chi connectivity index (χ3v) is 5.04. The molecule has 0 saturated carbocycles. The summed E-state index contributed by atoms with van der Waals surface area (Å²) in [5.41, 5.74) is 3.19. The molecule has 4 nitrogen and oxygen atoms in total. The molecule has 0 aliphatic carbocycles. The molecule has 138 valence electrons. The Hall–Kier alpha value is -2.37. The van der Waals surface area contributed by atoms with E-state index in [4.69, 9.17) is 25.8 Å². The summed E-state index contributed by atoms with van der Waals surface area (Å²) in [6.07, 6.45) is 0. The van der Waals surface area contributed by atoms with Gasteiger partial charge in [0.15, 0.2) is 11.5 Å². The van der Waals surface area contributed by atoms with Crippen LogP contribution in [0.5, 0.6) is 17.2 Å². The molecule has 0 atom stereocenters. The van der Waals surface area contributed by atoms with Crippen molar-refractivity contribution in [3.05, 3.63) is 81.3 Å². The highest BCUT2D eigenvalue weighted by Crippen LogP contribution is 2.34. The molecule has 3 aromatic rings. The summed E-state index contributed by atoms with van der Waals surface area (Å²) in [5, 5.41) is 4.11. The van der Waals surface area contributed by atoms with Crippen molar-refractivity contribution >= 4 is 33.2 Å². The van der Waals surface area contributed by atoms with Gasteiger partial charge in [-0.3, -0.25) is 0 Å². The van der Waals surface area contributed by atoms with Crippen molar-refractivity contribution in [3.8, 4) is 17.2 Å². The second kappa shape index (κ2) is 8.11. The molecule has 1 N–H and O–H groups in total. The average molecular weight is 447 g/mol. The van der Waals surface area contributed by atoms with Crippen molar-refractivity contribution in [2.45, 2.75) is 13.2 Å². The number of nitrogens with one attached hydrogen (secondary N) is 1. The Morgan fingerprint density at radius 3 is 2.52 bits per heavy atom. The lowest BCUT2D eigenvalue weighted by molar-refractivity contribution is 0.174. The Kier molecular flexibility index (Phi) is 5.41. The van der Waals surface area contributed by atoms with Crippen molar-refractivity contribution in [2.24, 2.45) is 0 Å². The van der Waals surface area contributed by atoms with Gasteiger partial charge in [0.05, 0.1) is 4.47 Å². The van der Waals surface area contributed by atoms with E-state index in [0.29, 0.717) is 13.2 Å². The predicted octanol–water partition coefficient (Wildman–Crippen LogP) is 6.02. The van der Waals surface area contributed by atoms with E-state index < -0.39 is 0 Å². The number of halogens is 2. The zero-order valence-corrected chi connectivity index (χ0v) is 16.7. The normalized spacial score (nSPS) is 12.1. The van der Waals surface area contributed by atoms with Crippen molar-refractivity contribution in [3.63, 3.8) is 0 Å². The average Bonchev–Trinajstić information content (AvgIpc) is 3.15. The monoisotopic (exact) mass is 445 g/mol. The van der Waals surface area contributed by atoms with Crippen LogP contribution in [0.3, 0.4) is 0 Å². The van der Waals surface area contributed by atoms with Crippen LogP contribution in [0.1, 0.15) is 11.1 Å². The van der Waals surface area contributed by atoms with Crippen LogP contribution in [0.15, 0.2) is 65.1 Å². The third-order valence-electron chi connectivity index (χ3n) is 4.17. The molecule has 0 fully saturated rings. The Labute approximate surface area is 171 Å². The van der Waals surface area contributed by atoms with Crippen LogP contribution in [0.4, 0.5) is 5.69 Å². The van der Waals surface area contributed by atoms with Crippen molar-refractivity contribution < 1.29 is 14.2 Å². The summed E-state index contributed by atoms with van der Waals surface area (Å²) in [6.45, 7) is 1.46. The molecule has 27 heavy (non-hydrogen) atoms. The highest BCUT2D eigenvalue weighted by Gasteiger charge is 2.13. The van der Waals surface area contributed by atoms with Crippen LogP contribution in [-0.2, 0) is 13.2 Å². The zero-order valence-electron chi connectivity index (χ0n) is 14.4. The molecule has 1 aliphatic rings. The van der Waals surface area contributed by atoms with E-state index >= 15 is 0 Å². The lowest BCUT2D eigenvalue weighted by Gasteiger charge is -2.11. The van der Waals surface area contributed by atoms with Crippen molar-refractivity contribution in [1.29, 1.82) is 0 Å². The largest absolute Gasteiger partial charge is 0.488 e. The molecule has 0 unspecified atom stereocenters. The van der Waals surface area contributed by atoms with E-state index in [1.165, 1.54) is 0 Å². The lowest BCUT2D eigenvalue weighted by Crippen LogP contribution is -2.00. The molecule has 6 heteroatoms. The first kappa shape index (κ1) is 18.0. The summed E-state index contributed by atoms with van der Waals surface area (Å²) < 4.78 is 17.5. The molecule has 0 saturated heterocycles. The summed E-state index contributed by atoms with van der Waals surface area (Å²) in [5.74, 6) is 2.36. The van der Waals surface area contributed by atoms with Gasteiger partial charge in [0.25, 0.3) is 0 Å². The lowest BCUT2D eigenvalue weighted by atomic mass is 10.2. The molecule has 3 aromatic carbocycles. The maximum Gasteiger partial charge on any atom is 0.231 e. The first-order chi connectivity index (χ1) is 13.2. The maximum absolute atomic E-state index is 5.91. The van der Waals surface area contributed by atoms with Crippen LogP contribution in [0.2, 0.25) is 5.02 Å². The van der Waals surface area contributed by atoms with Crippen molar-refractivity contribution in [2.75, 3.05) is 12.1 Å². The molecule has 0 amide bonds. The molecule has 0 spiro atoms. The molecule has 4 rings (SSSR count). The number of hydrogen-bond donors (Lipinski definition) is 1. The van der Waals surface area contributed by atoms with E-state index in [9.17, 15) is 0 Å². The zero-order chi connectivity index (χ0) is 18.6. The van der Waals surface area contributed by atoms with Crippen LogP contribution in [0, 0.1) is 0 Å². The Morgan fingerprint density at radius 2 is 1.70 bits per heavy atom. The quantitative estimate of drug-likeness (QED) is 0.502. The number of fused-ring (bicyclic) bond motifs is 1. The van der Waals surface area contributed by atoms with Gasteiger partial charge in [0.2, 0.25) is 6.79 Å². The first-order valence-electron chi connectivity index (χ1n) is 8.46. The number of benzene rings is 3. The SMILES string of the molecule is Clc1ccc(COc2ccc(CNc3ccc4c(c3)OCO4)cc2Br)cc1. The number of ether oxygens (including phenoxy) is 3. The Bertz CT molecular complexity index is 947. The summed E-state index contributed by atoms with van der Waals surface area (Å²) in [6, 6.07) is 19.5. The molecular formula is C21H17BrClNO3. The highest BCUT2D eigenvalue weighted by atomic mass is 79.9. The van der Waals surface area contributed by atoms with E-state index in [0.717, 1.165) is 43.6 Å². The predicted molar refractivity (Wildman–Crippen MR) is 110 cm³/mol. The smallest absolute Gasteiger partial charge is 0.231 e. The molecule has 0 radical (unpaired) electrons. The Morgan fingerprint density at radius 1 is 0.926 bits per heavy atom. The summed E-state index contributed by atoms with van der Waals surface area (Å²) in [7, 11) is 0. The van der Waals surface area contributed by atoms with Gasteiger partial charge < -0.3 is 19.5 Å². The number of rotatable bonds is 6. The first-order valence-corrected chi connectivity index (χ1v) is 9.64.